The summed E-state index contributed by atoms with van der Waals surface area (Å²) in [7, 11) is 0. The molecule has 94 valence electrons. The van der Waals surface area contributed by atoms with Gasteiger partial charge in [-0.15, -0.1) is 0 Å². The minimum absolute atomic E-state index is 0.129. The summed E-state index contributed by atoms with van der Waals surface area (Å²) in [6, 6.07) is 4.77. The van der Waals surface area contributed by atoms with E-state index in [9.17, 15) is 13.6 Å². The first kappa shape index (κ1) is 13.4. The molecule has 0 heterocycles. The van der Waals surface area contributed by atoms with Crippen LogP contribution in [0, 0.1) is 0 Å². The quantitative estimate of drug-likeness (QED) is 0.805. The number of hydrogen-bond acceptors (Lipinski definition) is 3. The Kier molecular flexibility index (Phi) is 4.84. The van der Waals surface area contributed by atoms with Gasteiger partial charge in [0.15, 0.2) is 0 Å². The van der Waals surface area contributed by atoms with Crippen LogP contribution in [0.1, 0.15) is 18.5 Å². The smallest absolute Gasteiger partial charge is 0.387 e. The largest absolute Gasteiger partial charge is 0.480 e. The van der Waals surface area contributed by atoms with Gasteiger partial charge in [-0.25, -0.2) is 0 Å². The zero-order chi connectivity index (χ0) is 12.8. The first-order valence-electron chi connectivity index (χ1n) is 5.06. The molecule has 6 heteroatoms. The molecule has 0 radical (unpaired) electrons. The van der Waals surface area contributed by atoms with Crippen molar-refractivity contribution in [3.05, 3.63) is 29.8 Å². The number of halogens is 2. The van der Waals surface area contributed by atoms with Gasteiger partial charge in [0.05, 0.1) is 0 Å². The zero-order valence-corrected chi connectivity index (χ0v) is 9.19. The van der Waals surface area contributed by atoms with Crippen molar-refractivity contribution in [1.82, 2.24) is 5.32 Å². The number of para-hydroxylation sites is 1. The molecule has 1 aromatic carbocycles. The highest BCUT2D eigenvalue weighted by atomic mass is 19.3. The third kappa shape index (κ3) is 3.67. The van der Waals surface area contributed by atoms with Gasteiger partial charge < -0.3 is 15.2 Å². The number of ether oxygens (including phenoxy) is 1. The Morgan fingerprint density at radius 2 is 2.12 bits per heavy atom. The van der Waals surface area contributed by atoms with Crippen LogP contribution in [0.4, 0.5) is 8.78 Å². The van der Waals surface area contributed by atoms with Crippen LogP contribution in [0.2, 0.25) is 0 Å². The van der Waals surface area contributed by atoms with E-state index >= 15 is 0 Å². The summed E-state index contributed by atoms with van der Waals surface area (Å²) >= 11 is 0. The van der Waals surface area contributed by atoms with Crippen LogP contribution in [0.5, 0.6) is 5.75 Å². The summed E-state index contributed by atoms with van der Waals surface area (Å²) < 4.78 is 28.6. The topological polar surface area (TPSA) is 58.6 Å². The van der Waals surface area contributed by atoms with Crippen LogP contribution in [-0.2, 0) is 4.79 Å². The molecule has 0 amide bonds. The predicted molar refractivity (Wildman–Crippen MR) is 57.1 cm³/mol. The molecule has 1 atom stereocenters. The lowest BCUT2D eigenvalue weighted by Crippen LogP contribution is -2.28. The van der Waals surface area contributed by atoms with Gasteiger partial charge in [-0.05, 0) is 12.6 Å². The van der Waals surface area contributed by atoms with Crippen molar-refractivity contribution in [2.45, 2.75) is 19.6 Å². The summed E-state index contributed by atoms with van der Waals surface area (Å²) in [6.07, 6.45) is 0. The number of carboxylic acid groups (broad SMARTS) is 1. The van der Waals surface area contributed by atoms with Gasteiger partial charge >= 0.3 is 12.6 Å². The molecule has 0 aliphatic heterocycles. The van der Waals surface area contributed by atoms with E-state index in [1.807, 2.05) is 0 Å². The van der Waals surface area contributed by atoms with Gasteiger partial charge in [0.2, 0.25) is 0 Å². The van der Waals surface area contributed by atoms with Gasteiger partial charge in [0.1, 0.15) is 11.8 Å². The maximum absolute atomic E-state index is 12.2. The van der Waals surface area contributed by atoms with Crippen LogP contribution in [0.15, 0.2) is 24.3 Å². The number of carbonyl (C=O) groups is 1. The molecule has 1 unspecified atom stereocenters. The number of carboxylic acids is 1. The van der Waals surface area contributed by atoms with E-state index in [4.69, 9.17) is 5.11 Å². The van der Waals surface area contributed by atoms with Crippen molar-refractivity contribution in [2.75, 3.05) is 6.54 Å². The molecule has 17 heavy (non-hydrogen) atoms. The molecule has 1 aromatic rings. The number of likely N-dealkylation sites (N-methyl/N-ethyl adjacent to an activating group) is 1. The van der Waals surface area contributed by atoms with Crippen LogP contribution < -0.4 is 10.1 Å². The molecule has 0 saturated carbocycles. The summed E-state index contributed by atoms with van der Waals surface area (Å²) in [4.78, 5) is 11.0. The highest BCUT2D eigenvalue weighted by molar-refractivity contribution is 5.76. The first-order valence-corrected chi connectivity index (χ1v) is 5.06. The van der Waals surface area contributed by atoms with E-state index in [0.717, 1.165) is 0 Å². The maximum atomic E-state index is 12.2. The zero-order valence-electron chi connectivity index (χ0n) is 9.19. The number of rotatable bonds is 6. The maximum Gasteiger partial charge on any atom is 0.387 e. The third-order valence-electron chi connectivity index (χ3n) is 2.10. The van der Waals surface area contributed by atoms with Crippen molar-refractivity contribution in [1.29, 1.82) is 0 Å². The number of aliphatic carboxylic acids is 1. The lowest BCUT2D eigenvalue weighted by Gasteiger charge is -2.17. The van der Waals surface area contributed by atoms with Crippen molar-refractivity contribution >= 4 is 5.97 Å². The summed E-state index contributed by atoms with van der Waals surface area (Å²) in [5.41, 5.74) is 0.183. The van der Waals surface area contributed by atoms with E-state index in [-0.39, 0.29) is 11.3 Å². The fraction of sp³-hybridized carbons (Fsp3) is 0.364. The SMILES string of the molecule is CCNC(C(=O)O)c1ccccc1OC(F)F. The van der Waals surface area contributed by atoms with Crippen LogP contribution >= 0.6 is 0 Å². The second-order valence-corrected chi connectivity index (χ2v) is 3.25. The van der Waals surface area contributed by atoms with E-state index in [1.54, 1.807) is 13.0 Å². The molecule has 0 bridgehead atoms. The highest BCUT2D eigenvalue weighted by Gasteiger charge is 2.23. The van der Waals surface area contributed by atoms with Crippen molar-refractivity contribution in [3.63, 3.8) is 0 Å². The van der Waals surface area contributed by atoms with Crippen molar-refractivity contribution in [2.24, 2.45) is 0 Å². The average molecular weight is 245 g/mol. The standard InChI is InChI=1S/C11H13F2NO3/c1-2-14-9(10(15)16)7-5-3-4-6-8(7)17-11(12)13/h3-6,9,11,14H,2H2,1H3,(H,15,16). The fourth-order valence-corrected chi connectivity index (χ4v) is 1.46. The summed E-state index contributed by atoms with van der Waals surface area (Å²) in [5, 5.41) is 11.7. The normalized spacial score (nSPS) is 12.5. The first-order chi connectivity index (χ1) is 8.06. The predicted octanol–water partition coefficient (Wildman–Crippen LogP) is 2.02. The van der Waals surface area contributed by atoms with Crippen LogP contribution in [0.25, 0.3) is 0 Å². The van der Waals surface area contributed by atoms with Gasteiger partial charge in [-0.3, -0.25) is 4.79 Å². The third-order valence-corrected chi connectivity index (χ3v) is 2.10. The second kappa shape index (κ2) is 6.15. The minimum Gasteiger partial charge on any atom is -0.480 e. The fourth-order valence-electron chi connectivity index (χ4n) is 1.46. The van der Waals surface area contributed by atoms with Gasteiger partial charge in [0.25, 0.3) is 0 Å². The van der Waals surface area contributed by atoms with Crippen LogP contribution in [0.3, 0.4) is 0 Å². The van der Waals surface area contributed by atoms with Gasteiger partial charge in [0, 0.05) is 5.56 Å². The van der Waals surface area contributed by atoms with Gasteiger partial charge in [-0.1, -0.05) is 25.1 Å². The van der Waals surface area contributed by atoms with E-state index in [0.29, 0.717) is 6.54 Å². The van der Waals surface area contributed by atoms with Crippen LogP contribution in [-0.4, -0.2) is 24.2 Å². The molecule has 1 rings (SSSR count). The molecule has 2 N–H and O–H groups in total. The van der Waals surface area contributed by atoms with E-state index in [1.165, 1.54) is 18.2 Å². The number of hydrogen-bond donors (Lipinski definition) is 2. The molecule has 0 spiro atoms. The Labute approximate surface area is 97.2 Å². The van der Waals surface area contributed by atoms with Crippen molar-refractivity contribution < 1.29 is 23.4 Å². The Morgan fingerprint density at radius 1 is 1.47 bits per heavy atom. The molecule has 0 saturated heterocycles. The number of nitrogens with one attached hydrogen (secondary N) is 1. The Balaban J connectivity index is 3.04. The Morgan fingerprint density at radius 3 is 2.65 bits per heavy atom. The minimum atomic E-state index is -2.98. The molecular formula is C11H13F2NO3. The molecular weight excluding hydrogens is 232 g/mol. The Bertz CT molecular complexity index is 385. The monoisotopic (exact) mass is 245 g/mol. The second-order valence-electron chi connectivity index (χ2n) is 3.25. The lowest BCUT2D eigenvalue weighted by atomic mass is 10.1. The summed E-state index contributed by atoms with van der Waals surface area (Å²) in [5.74, 6) is -1.27. The molecule has 0 aliphatic carbocycles. The molecule has 0 aromatic heterocycles. The number of benzene rings is 1. The molecule has 4 nitrogen and oxygen atoms in total. The van der Waals surface area contributed by atoms with Crippen molar-refractivity contribution in [3.8, 4) is 5.75 Å². The molecule has 0 aliphatic rings. The summed E-state index contributed by atoms with van der Waals surface area (Å²) in [6.45, 7) is -0.848. The highest BCUT2D eigenvalue weighted by Crippen LogP contribution is 2.26. The van der Waals surface area contributed by atoms with E-state index < -0.39 is 18.6 Å². The Hall–Kier alpha value is -1.69. The lowest BCUT2D eigenvalue weighted by molar-refractivity contribution is -0.139. The van der Waals surface area contributed by atoms with E-state index in [2.05, 4.69) is 10.1 Å². The average Bonchev–Trinajstić information content (AvgIpc) is 2.26. The number of alkyl halides is 2. The molecule has 0 fully saturated rings. The van der Waals surface area contributed by atoms with Gasteiger partial charge in [-0.2, -0.15) is 8.78 Å².